The van der Waals surface area contributed by atoms with Gasteiger partial charge in [0.15, 0.2) is 0 Å². The van der Waals surface area contributed by atoms with Crippen molar-refractivity contribution in [2.45, 2.75) is 64.3 Å². The van der Waals surface area contributed by atoms with E-state index in [0.29, 0.717) is 6.04 Å². The molecule has 1 aromatic heterocycles. The molecule has 1 aliphatic carbocycles. The highest BCUT2D eigenvalue weighted by Crippen LogP contribution is 2.27. The Balaban J connectivity index is 1.89. The molecule has 0 spiro atoms. The lowest BCUT2D eigenvalue weighted by atomic mass is 9.88. The Morgan fingerprint density at radius 2 is 2.05 bits per heavy atom. The Bertz CT molecular complexity index is 351. The van der Waals surface area contributed by atoms with Gasteiger partial charge in [-0.25, -0.2) is 0 Å². The first-order valence-electron chi connectivity index (χ1n) is 8.01. The third kappa shape index (κ3) is 4.34. The van der Waals surface area contributed by atoms with Crippen molar-refractivity contribution in [2.24, 2.45) is 13.0 Å². The number of aryl methyl sites for hydroxylation is 2. The van der Waals surface area contributed by atoms with E-state index in [9.17, 15) is 0 Å². The first-order valence-corrected chi connectivity index (χ1v) is 8.01. The number of nitrogens with one attached hydrogen (secondary N) is 1. The van der Waals surface area contributed by atoms with Gasteiger partial charge in [0, 0.05) is 25.0 Å². The minimum atomic E-state index is 0.693. The number of aromatic nitrogens is 2. The van der Waals surface area contributed by atoms with Gasteiger partial charge in [-0.2, -0.15) is 5.10 Å². The van der Waals surface area contributed by atoms with Gasteiger partial charge < -0.3 is 5.32 Å². The molecule has 0 aromatic carbocycles. The van der Waals surface area contributed by atoms with Crippen LogP contribution in [-0.4, -0.2) is 22.4 Å². The molecule has 3 heteroatoms. The van der Waals surface area contributed by atoms with Crippen molar-refractivity contribution in [3.05, 3.63) is 18.0 Å². The fraction of sp³-hybridized carbons (Fsp3) is 0.812. The van der Waals surface area contributed by atoms with Gasteiger partial charge in [-0.1, -0.05) is 32.6 Å². The third-order valence-electron chi connectivity index (χ3n) is 4.57. The maximum Gasteiger partial charge on any atom is 0.0492 e. The van der Waals surface area contributed by atoms with Gasteiger partial charge in [-0.15, -0.1) is 0 Å². The van der Waals surface area contributed by atoms with Gasteiger partial charge in [0.25, 0.3) is 0 Å². The molecule has 1 unspecified atom stereocenters. The molecule has 1 fully saturated rings. The molecule has 0 bridgehead atoms. The Hall–Kier alpha value is -0.830. The number of hydrogen-bond donors (Lipinski definition) is 1. The third-order valence-corrected chi connectivity index (χ3v) is 4.57. The number of rotatable bonds is 6. The molecule has 0 radical (unpaired) electrons. The fourth-order valence-corrected chi connectivity index (χ4v) is 3.43. The lowest BCUT2D eigenvalue weighted by Crippen LogP contribution is -2.36. The van der Waals surface area contributed by atoms with Crippen molar-refractivity contribution in [2.75, 3.05) is 6.54 Å². The zero-order valence-corrected chi connectivity index (χ0v) is 12.6. The zero-order chi connectivity index (χ0) is 13.5. The second-order valence-electron chi connectivity index (χ2n) is 5.90. The summed E-state index contributed by atoms with van der Waals surface area (Å²) < 4.78 is 2.01. The van der Waals surface area contributed by atoms with Gasteiger partial charge in [0.2, 0.25) is 0 Å². The maximum absolute atomic E-state index is 4.26. The van der Waals surface area contributed by atoms with E-state index in [4.69, 9.17) is 0 Å². The average Bonchev–Trinajstić information content (AvgIpc) is 2.67. The molecule has 1 aliphatic rings. The average molecular weight is 263 g/mol. The fourth-order valence-electron chi connectivity index (χ4n) is 3.43. The lowest BCUT2D eigenvalue weighted by molar-refractivity contribution is 0.307. The van der Waals surface area contributed by atoms with E-state index in [1.165, 1.54) is 50.6 Å². The molecule has 0 aliphatic heterocycles. The van der Waals surface area contributed by atoms with Crippen LogP contribution in [0.4, 0.5) is 0 Å². The maximum atomic E-state index is 4.26. The molecule has 108 valence electrons. The van der Waals surface area contributed by atoms with Crippen molar-refractivity contribution < 1.29 is 0 Å². The summed E-state index contributed by atoms with van der Waals surface area (Å²) in [4.78, 5) is 0. The second kappa shape index (κ2) is 7.68. The summed E-state index contributed by atoms with van der Waals surface area (Å²) in [5.74, 6) is 0.885. The smallest absolute Gasteiger partial charge is 0.0492 e. The van der Waals surface area contributed by atoms with Crippen LogP contribution in [0.2, 0.25) is 0 Å². The summed E-state index contributed by atoms with van der Waals surface area (Å²) in [5.41, 5.74) is 1.36. The minimum Gasteiger partial charge on any atom is -0.314 e. The molecular weight excluding hydrogens is 234 g/mol. The summed E-state index contributed by atoms with van der Waals surface area (Å²) in [5, 5.41) is 8.00. The van der Waals surface area contributed by atoms with E-state index in [2.05, 4.69) is 23.4 Å². The van der Waals surface area contributed by atoms with Gasteiger partial charge in [-0.05, 0) is 44.2 Å². The van der Waals surface area contributed by atoms with E-state index >= 15 is 0 Å². The molecule has 0 saturated heterocycles. The normalized spacial score (nSPS) is 19.3. The molecule has 1 N–H and O–H groups in total. The van der Waals surface area contributed by atoms with Crippen LogP contribution in [0.1, 0.15) is 57.6 Å². The van der Waals surface area contributed by atoms with Crippen LogP contribution in [0.5, 0.6) is 0 Å². The van der Waals surface area contributed by atoms with Crippen LogP contribution in [0.15, 0.2) is 12.3 Å². The number of hydrogen-bond acceptors (Lipinski definition) is 2. The SMILES string of the molecule is CCNC(CCc1ccnn1C)C1CCCCCC1. The predicted molar refractivity (Wildman–Crippen MR) is 80.2 cm³/mol. The molecule has 3 nitrogen and oxygen atoms in total. The lowest BCUT2D eigenvalue weighted by Gasteiger charge is -2.27. The van der Waals surface area contributed by atoms with E-state index in [0.717, 1.165) is 18.9 Å². The van der Waals surface area contributed by atoms with Crippen molar-refractivity contribution in [3.63, 3.8) is 0 Å². The Morgan fingerprint density at radius 3 is 2.63 bits per heavy atom. The highest BCUT2D eigenvalue weighted by molar-refractivity contribution is 5.00. The number of nitrogens with zero attached hydrogens (tertiary/aromatic N) is 2. The van der Waals surface area contributed by atoms with Crippen molar-refractivity contribution in [1.82, 2.24) is 15.1 Å². The summed E-state index contributed by atoms with van der Waals surface area (Å²) in [7, 11) is 2.04. The van der Waals surface area contributed by atoms with E-state index in [-0.39, 0.29) is 0 Å². The Labute approximate surface area is 117 Å². The standard InChI is InChI=1S/C16H29N3/c1-3-17-16(14-8-6-4-5-7-9-14)11-10-15-12-13-18-19(15)2/h12-14,16-17H,3-11H2,1-2H3. The van der Waals surface area contributed by atoms with Gasteiger partial charge in [0.1, 0.15) is 0 Å². The quantitative estimate of drug-likeness (QED) is 0.798. The molecular formula is C16H29N3. The molecule has 1 heterocycles. The van der Waals surface area contributed by atoms with Crippen LogP contribution < -0.4 is 5.32 Å². The summed E-state index contributed by atoms with van der Waals surface area (Å²) in [6.45, 7) is 3.32. The minimum absolute atomic E-state index is 0.693. The van der Waals surface area contributed by atoms with Crippen molar-refractivity contribution in [3.8, 4) is 0 Å². The van der Waals surface area contributed by atoms with Crippen molar-refractivity contribution >= 4 is 0 Å². The predicted octanol–water partition coefficient (Wildman–Crippen LogP) is 3.30. The monoisotopic (exact) mass is 263 g/mol. The Kier molecular flexibility index (Phi) is 5.90. The van der Waals surface area contributed by atoms with Crippen molar-refractivity contribution in [1.29, 1.82) is 0 Å². The van der Waals surface area contributed by atoms with E-state index in [1.54, 1.807) is 0 Å². The highest BCUT2D eigenvalue weighted by Gasteiger charge is 2.22. The van der Waals surface area contributed by atoms with Gasteiger partial charge in [-0.3, -0.25) is 4.68 Å². The van der Waals surface area contributed by atoms with Crippen LogP contribution in [0, 0.1) is 5.92 Å². The first kappa shape index (κ1) is 14.6. The summed E-state index contributed by atoms with van der Waals surface area (Å²) >= 11 is 0. The topological polar surface area (TPSA) is 29.9 Å². The second-order valence-corrected chi connectivity index (χ2v) is 5.90. The molecule has 0 amide bonds. The van der Waals surface area contributed by atoms with Crippen LogP contribution in [0.25, 0.3) is 0 Å². The molecule has 1 aromatic rings. The van der Waals surface area contributed by atoms with E-state index in [1.807, 2.05) is 17.9 Å². The molecule has 1 atom stereocenters. The summed E-state index contributed by atoms with van der Waals surface area (Å²) in [6.07, 6.45) is 12.9. The van der Waals surface area contributed by atoms with Crippen LogP contribution in [0.3, 0.4) is 0 Å². The summed E-state index contributed by atoms with van der Waals surface area (Å²) in [6, 6.07) is 2.84. The van der Waals surface area contributed by atoms with Gasteiger partial charge in [0.05, 0.1) is 0 Å². The van der Waals surface area contributed by atoms with Crippen LogP contribution >= 0.6 is 0 Å². The molecule has 2 rings (SSSR count). The molecule has 1 saturated carbocycles. The Morgan fingerprint density at radius 1 is 1.32 bits per heavy atom. The highest BCUT2D eigenvalue weighted by atomic mass is 15.2. The largest absolute Gasteiger partial charge is 0.314 e. The van der Waals surface area contributed by atoms with Gasteiger partial charge >= 0.3 is 0 Å². The molecule has 19 heavy (non-hydrogen) atoms. The van der Waals surface area contributed by atoms with Crippen LogP contribution in [-0.2, 0) is 13.5 Å². The first-order chi connectivity index (χ1) is 9.31. The van der Waals surface area contributed by atoms with E-state index < -0.39 is 0 Å². The zero-order valence-electron chi connectivity index (χ0n) is 12.6.